The number of rotatable bonds is 2. The van der Waals surface area contributed by atoms with Gasteiger partial charge in [0.2, 0.25) is 0 Å². The fourth-order valence-corrected chi connectivity index (χ4v) is 2.86. The summed E-state index contributed by atoms with van der Waals surface area (Å²) >= 11 is 3.42. The van der Waals surface area contributed by atoms with Crippen molar-refractivity contribution in [3.8, 4) is 5.69 Å². The summed E-state index contributed by atoms with van der Waals surface area (Å²) in [6.07, 6.45) is 4.47. The predicted molar refractivity (Wildman–Crippen MR) is 89.3 cm³/mol. The van der Waals surface area contributed by atoms with E-state index in [-0.39, 0.29) is 5.91 Å². The highest BCUT2D eigenvalue weighted by molar-refractivity contribution is 9.10. The second kappa shape index (κ2) is 6.62. The zero-order chi connectivity index (χ0) is 15.5. The molecule has 0 unspecified atom stereocenters. The molecule has 1 saturated heterocycles. The van der Waals surface area contributed by atoms with E-state index in [4.69, 9.17) is 0 Å². The summed E-state index contributed by atoms with van der Waals surface area (Å²) in [5, 5.41) is 4.31. The van der Waals surface area contributed by atoms with Crippen molar-refractivity contribution in [3.05, 3.63) is 46.7 Å². The number of aromatic nitrogens is 2. The summed E-state index contributed by atoms with van der Waals surface area (Å²) in [5.41, 5.74) is 1.59. The van der Waals surface area contributed by atoms with E-state index in [1.54, 1.807) is 17.1 Å². The van der Waals surface area contributed by atoms with Crippen LogP contribution in [-0.4, -0.2) is 58.7 Å². The molecule has 6 heteroatoms. The normalized spacial score (nSPS) is 16.5. The van der Waals surface area contributed by atoms with E-state index in [0.717, 1.165) is 42.8 Å². The lowest BCUT2D eigenvalue weighted by molar-refractivity contribution is 0.0763. The lowest BCUT2D eigenvalue weighted by Crippen LogP contribution is -2.34. The number of likely N-dealkylation sites (N-methyl/N-ethyl adjacent to an activating group) is 1. The maximum Gasteiger partial charge on any atom is 0.257 e. The molecule has 3 rings (SSSR count). The minimum Gasteiger partial charge on any atom is -0.337 e. The van der Waals surface area contributed by atoms with Crippen molar-refractivity contribution in [1.82, 2.24) is 19.6 Å². The van der Waals surface area contributed by atoms with Gasteiger partial charge in [0, 0.05) is 30.3 Å². The van der Waals surface area contributed by atoms with Gasteiger partial charge in [-0.05, 0) is 44.3 Å². The van der Waals surface area contributed by atoms with Crippen LogP contribution in [0.5, 0.6) is 0 Å². The Bertz CT molecular complexity index is 652. The van der Waals surface area contributed by atoms with Crippen LogP contribution in [0.15, 0.2) is 41.1 Å². The molecule has 0 N–H and O–H groups in total. The van der Waals surface area contributed by atoms with E-state index in [2.05, 4.69) is 33.0 Å². The molecule has 1 aromatic heterocycles. The second-order valence-electron chi connectivity index (χ2n) is 5.60. The third-order valence-corrected chi connectivity index (χ3v) is 4.46. The fourth-order valence-electron chi connectivity index (χ4n) is 2.60. The Hall–Kier alpha value is -1.66. The number of benzene rings is 1. The van der Waals surface area contributed by atoms with Gasteiger partial charge in [-0.25, -0.2) is 4.68 Å². The Morgan fingerprint density at radius 2 is 1.91 bits per heavy atom. The highest BCUT2D eigenvalue weighted by atomic mass is 79.9. The molecule has 1 aliphatic rings. The number of halogens is 1. The van der Waals surface area contributed by atoms with E-state index < -0.39 is 0 Å². The third-order valence-electron chi connectivity index (χ3n) is 3.93. The summed E-state index contributed by atoms with van der Waals surface area (Å²) in [7, 11) is 2.10. The van der Waals surface area contributed by atoms with Gasteiger partial charge in [0.1, 0.15) is 0 Å². The smallest absolute Gasteiger partial charge is 0.257 e. The van der Waals surface area contributed by atoms with E-state index in [1.807, 2.05) is 29.2 Å². The summed E-state index contributed by atoms with van der Waals surface area (Å²) in [6, 6.07) is 7.85. The molecule has 0 radical (unpaired) electrons. The van der Waals surface area contributed by atoms with Crippen LogP contribution in [0.3, 0.4) is 0 Å². The van der Waals surface area contributed by atoms with Crippen LogP contribution in [0.2, 0.25) is 0 Å². The first-order valence-corrected chi connectivity index (χ1v) is 8.21. The molecule has 1 fully saturated rings. The Kier molecular flexibility index (Phi) is 4.59. The molecule has 0 aliphatic carbocycles. The lowest BCUT2D eigenvalue weighted by atomic mass is 10.3. The maximum absolute atomic E-state index is 12.6. The number of hydrogen-bond donors (Lipinski definition) is 0. The van der Waals surface area contributed by atoms with Crippen molar-refractivity contribution in [2.45, 2.75) is 6.42 Å². The number of nitrogens with zero attached hydrogens (tertiary/aromatic N) is 4. The molecular weight excluding hydrogens is 344 g/mol. The van der Waals surface area contributed by atoms with Gasteiger partial charge < -0.3 is 9.80 Å². The van der Waals surface area contributed by atoms with Crippen LogP contribution in [0.25, 0.3) is 5.69 Å². The van der Waals surface area contributed by atoms with Crippen LogP contribution in [0, 0.1) is 0 Å². The van der Waals surface area contributed by atoms with Gasteiger partial charge in [-0.2, -0.15) is 5.10 Å². The summed E-state index contributed by atoms with van der Waals surface area (Å²) in [5.74, 6) is 0.0682. The number of carbonyl (C=O) groups is 1. The average Bonchev–Trinajstić information content (AvgIpc) is 2.90. The largest absolute Gasteiger partial charge is 0.337 e. The first kappa shape index (κ1) is 15.2. The van der Waals surface area contributed by atoms with Gasteiger partial charge >= 0.3 is 0 Å². The van der Waals surface area contributed by atoms with Crippen LogP contribution in [-0.2, 0) is 0 Å². The van der Waals surface area contributed by atoms with E-state index in [1.165, 1.54) is 0 Å². The molecule has 116 valence electrons. The van der Waals surface area contributed by atoms with Gasteiger partial charge in [0.05, 0.1) is 17.4 Å². The SMILES string of the molecule is CN1CCCN(C(=O)c2cnn(-c3ccc(Br)cc3)c2)CC1. The van der Waals surface area contributed by atoms with Crippen molar-refractivity contribution in [2.24, 2.45) is 0 Å². The first-order valence-electron chi connectivity index (χ1n) is 7.42. The highest BCUT2D eigenvalue weighted by Gasteiger charge is 2.20. The zero-order valence-corrected chi connectivity index (χ0v) is 14.2. The summed E-state index contributed by atoms with van der Waals surface area (Å²) < 4.78 is 2.76. The predicted octanol–water partition coefficient (Wildman–Crippen LogP) is 2.41. The molecule has 0 atom stereocenters. The van der Waals surface area contributed by atoms with E-state index in [0.29, 0.717) is 5.56 Å². The average molecular weight is 363 g/mol. The minimum atomic E-state index is 0.0682. The van der Waals surface area contributed by atoms with Gasteiger partial charge in [-0.3, -0.25) is 4.79 Å². The number of hydrogen-bond acceptors (Lipinski definition) is 3. The van der Waals surface area contributed by atoms with Gasteiger partial charge in [-0.15, -0.1) is 0 Å². The fraction of sp³-hybridized carbons (Fsp3) is 0.375. The molecule has 1 aromatic carbocycles. The van der Waals surface area contributed by atoms with Crippen molar-refractivity contribution in [2.75, 3.05) is 33.2 Å². The quantitative estimate of drug-likeness (QED) is 0.823. The van der Waals surface area contributed by atoms with E-state index >= 15 is 0 Å². The zero-order valence-electron chi connectivity index (χ0n) is 12.6. The van der Waals surface area contributed by atoms with Crippen molar-refractivity contribution in [3.63, 3.8) is 0 Å². The molecule has 2 heterocycles. The molecule has 0 spiro atoms. The first-order chi connectivity index (χ1) is 10.6. The molecule has 1 aliphatic heterocycles. The molecule has 0 saturated carbocycles. The van der Waals surface area contributed by atoms with E-state index in [9.17, 15) is 4.79 Å². The van der Waals surface area contributed by atoms with Crippen molar-refractivity contribution in [1.29, 1.82) is 0 Å². The second-order valence-corrected chi connectivity index (χ2v) is 6.51. The standard InChI is InChI=1S/C16H19BrN4O/c1-19-7-2-8-20(10-9-19)16(22)13-11-18-21(12-13)15-5-3-14(17)4-6-15/h3-6,11-12H,2,7-10H2,1H3. The molecule has 2 aromatic rings. The number of carbonyl (C=O) groups excluding carboxylic acids is 1. The maximum atomic E-state index is 12.6. The summed E-state index contributed by atoms with van der Waals surface area (Å²) in [4.78, 5) is 16.8. The van der Waals surface area contributed by atoms with Gasteiger partial charge in [-0.1, -0.05) is 15.9 Å². The van der Waals surface area contributed by atoms with Crippen LogP contribution < -0.4 is 0 Å². The number of amides is 1. The van der Waals surface area contributed by atoms with Crippen LogP contribution in [0.4, 0.5) is 0 Å². The van der Waals surface area contributed by atoms with Crippen molar-refractivity contribution >= 4 is 21.8 Å². The molecular formula is C16H19BrN4O. The Morgan fingerprint density at radius 3 is 2.68 bits per heavy atom. The lowest BCUT2D eigenvalue weighted by Gasteiger charge is -2.19. The van der Waals surface area contributed by atoms with Crippen LogP contribution >= 0.6 is 15.9 Å². The molecule has 22 heavy (non-hydrogen) atoms. The molecule has 1 amide bonds. The Labute approximate surface area is 138 Å². The Balaban J connectivity index is 1.75. The molecule has 5 nitrogen and oxygen atoms in total. The summed E-state index contributed by atoms with van der Waals surface area (Å²) in [6.45, 7) is 3.56. The minimum absolute atomic E-state index is 0.0682. The monoisotopic (exact) mass is 362 g/mol. The Morgan fingerprint density at radius 1 is 1.14 bits per heavy atom. The molecule has 0 bridgehead atoms. The topological polar surface area (TPSA) is 41.4 Å². The van der Waals surface area contributed by atoms with Crippen molar-refractivity contribution < 1.29 is 4.79 Å². The third kappa shape index (κ3) is 3.39. The highest BCUT2D eigenvalue weighted by Crippen LogP contribution is 2.15. The van der Waals surface area contributed by atoms with Gasteiger partial charge in [0.15, 0.2) is 0 Å². The van der Waals surface area contributed by atoms with Crippen LogP contribution in [0.1, 0.15) is 16.8 Å². The van der Waals surface area contributed by atoms with Gasteiger partial charge in [0.25, 0.3) is 5.91 Å².